The lowest BCUT2D eigenvalue weighted by Crippen LogP contribution is -2.27. The number of amides is 1. The fourth-order valence-electron chi connectivity index (χ4n) is 2.07. The summed E-state index contributed by atoms with van der Waals surface area (Å²) >= 11 is 6.13. The molecule has 6 heteroatoms. The second-order valence-corrected chi connectivity index (χ2v) is 5.21. The molecule has 1 amide bonds. The molecule has 0 spiro atoms. The van der Waals surface area contributed by atoms with Gasteiger partial charge in [0.1, 0.15) is 5.15 Å². The molecule has 1 heterocycles. The van der Waals surface area contributed by atoms with Crippen LogP contribution < -0.4 is 10.6 Å². The molecule has 2 aromatic rings. The molecule has 22 heavy (non-hydrogen) atoms. The van der Waals surface area contributed by atoms with Gasteiger partial charge >= 0.3 is 0 Å². The van der Waals surface area contributed by atoms with Crippen LogP contribution in [0.25, 0.3) is 0 Å². The normalized spacial score (nSPS) is 10.3. The number of carbonyl (C=O) groups is 1. The molecule has 0 radical (unpaired) electrons. The number of aryl methyl sites for hydroxylation is 2. The van der Waals surface area contributed by atoms with Crippen LogP contribution in [0.1, 0.15) is 16.8 Å². The van der Waals surface area contributed by atoms with Gasteiger partial charge in [0.2, 0.25) is 5.91 Å². The molecule has 5 nitrogen and oxygen atoms in total. The van der Waals surface area contributed by atoms with E-state index in [0.717, 1.165) is 16.8 Å². The summed E-state index contributed by atoms with van der Waals surface area (Å²) < 4.78 is 1.61. The van der Waals surface area contributed by atoms with Crippen molar-refractivity contribution in [3.8, 4) is 12.3 Å². The van der Waals surface area contributed by atoms with Gasteiger partial charge < -0.3 is 10.6 Å². The van der Waals surface area contributed by atoms with E-state index in [1.807, 2.05) is 6.92 Å². The summed E-state index contributed by atoms with van der Waals surface area (Å²) in [5.41, 5.74) is 3.15. The molecule has 0 bridgehead atoms. The topological polar surface area (TPSA) is 59.0 Å². The smallest absolute Gasteiger partial charge is 0.238 e. The van der Waals surface area contributed by atoms with Gasteiger partial charge in [0.15, 0.2) is 0 Å². The Bertz CT molecular complexity index is 730. The van der Waals surface area contributed by atoms with Crippen LogP contribution in [0.2, 0.25) is 5.15 Å². The van der Waals surface area contributed by atoms with Crippen LogP contribution >= 0.6 is 11.6 Å². The van der Waals surface area contributed by atoms with Gasteiger partial charge in [0.25, 0.3) is 0 Å². The molecular weight excluding hydrogens is 300 g/mol. The second-order valence-electron chi connectivity index (χ2n) is 4.86. The van der Waals surface area contributed by atoms with Crippen LogP contribution in [-0.2, 0) is 18.4 Å². The van der Waals surface area contributed by atoms with Crippen molar-refractivity contribution in [1.29, 1.82) is 0 Å². The van der Waals surface area contributed by atoms with Gasteiger partial charge in [-0.2, -0.15) is 5.10 Å². The van der Waals surface area contributed by atoms with Gasteiger partial charge in [-0.05, 0) is 25.1 Å². The van der Waals surface area contributed by atoms with E-state index in [1.54, 1.807) is 36.0 Å². The molecule has 114 valence electrons. The highest BCUT2D eigenvalue weighted by Crippen LogP contribution is 2.18. The van der Waals surface area contributed by atoms with Crippen molar-refractivity contribution < 1.29 is 4.79 Å². The van der Waals surface area contributed by atoms with Crippen LogP contribution in [0, 0.1) is 19.3 Å². The lowest BCUT2D eigenvalue weighted by atomic mass is 10.2. The number of benzene rings is 1. The quantitative estimate of drug-likeness (QED) is 0.830. The fraction of sp³-hybridized carbons (Fsp3) is 0.250. The summed E-state index contributed by atoms with van der Waals surface area (Å²) in [6.45, 7) is 2.54. The standard InChI is InChI=1S/C16H17ClN4O/c1-4-12-6-5-7-13(8-12)19-15(22)10-18-9-14-11(2)20-21(3)16(14)17/h1,5-8,18H,9-10H2,2-3H3,(H,19,22). The molecule has 0 saturated carbocycles. The number of aromatic nitrogens is 2. The number of nitrogens with zero attached hydrogens (tertiary/aromatic N) is 2. The first-order valence-corrected chi connectivity index (χ1v) is 7.14. The zero-order valence-electron chi connectivity index (χ0n) is 12.5. The minimum atomic E-state index is -0.146. The minimum Gasteiger partial charge on any atom is -0.325 e. The summed E-state index contributed by atoms with van der Waals surface area (Å²) in [5, 5.41) is 10.6. The molecule has 0 fully saturated rings. The van der Waals surface area contributed by atoms with E-state index in [-0.39, 0.29) is 12.5 Å². The monoisotopic (exact) mass is 316 g/mol. The number of hydrogen-bond donors (Lipinski definition) is 2. The van der Waals surface area contributed by atoms with Crippen molar-refractivity contribution >= 4 is 23.2 Å². The molecule has 1 aromatic heterocycles. The van der Waals surface area contributed by atoms with Crippen molar-refractivity contribution in [3.05, 3.63) is 46.2 Å². The Balaban J connectivity index is 1.87. The second kappa shape index (κ2) is 7.12. The molecule has 0 unspecified atom stereocenters. The Morgan fingerprint density at radius 1 is 1.50 bits per heavy atom. The van der Waals surface area contributed by atoms with Crippen molar-refractivity contribution in [2.75, 3.05) is 11.9 Å². The maximum absolute atomic E-state index is 11.9. The molecule has 1 aromatic carbocycles. The first-order chi connectivity index (χ1) is 10.5. The molecule has 0 atom stereocenters. The van der Waals surface area contributed by atoms with Crippen molar-refractivity contribution in [1.82, 2.24) is 15.1 Å². The molecule has 2 N–H and O–H groups in total. The number of carbonyl (C=O) groups excluding carboxylic acids is 1. The number of hydrogen-bond acceptors (Lipinski definition) is 3. The number of rotatable bonds is 5. The molecule has 0 saturated heterocycles. The average Bonchev–Trinajstić information content (AvgIpc) is 2.73. The van der Waals surface area contributed by atoms with Crippen LogP contribution in [0.3, 0.4) is 0 Å². The highest BCUT2D eigenvalue weighted by atomic mass is 35.5. The van der Waals surface area contributed by atoms with Gasteiger partial charge in [0, 0.05) is 30.4 Å². The van der Waals surface area contributed by atoms with Crippen molar-refractivity contribution in [2.24, 2.45) is 7.05 Å². The van der Waals surface area contributed by atoms with Gasteiger partial charge in [-0.15, -0.1) is 6.42 Å². The first-order valence-electron chi connectivity index (χ1n) is 6.76. The van der Waals surface area contributed by atoms with E-state index in [0.29, 0.717) is 17.4 Å². The summed E-state index contributed by atoms with van der Waals surface area (Å²) in [5.74, 6) is 2.38. The lowest BCUT2D eigenvalue weighted by Gasteiger charge is -2.07. The van der Waals surface area contributed by atoms with Crippen LogP contribution in [0.4, 0.5) is 5.69 Å². The summed E-state index contributed by atoms with van der Waals surface area (Å²) in [4.78, 5) is 11.9. The predicted octanol–water partition coefficient (Wildman–Crippen LogP) is 2.09. The molecule has 2 rings (SSSR count). The third-order valence-corrected chi connectivity index (χ3v) is 3.64. The third kappa shape index (κ3) is 3.88. The maximum Gasteiger partial charge on any atom is 0.238 e. The van der Waals surface area contributed by atoms with E-state index in [9.17, 15) is 4.79 Å². The van der Waals surface area contributed by atoms with Gasteiger partial charge in [-0.3, -0.25) is 9.48 Å². The van der Waals surface area contributed by atoms with Crippen LogP contribution in [0.15, 0.2) is 24.3 Å². The van der Waals surface area contributed by atoms with E-state index < -0.39 is 0 Å². The number of halogens is 1. The van der Waals surface area contributed by atoms with E-state index in [1.165, 1.54) is 0 Å². The maximum atomic E-state index is 11.9. The zero-order chi connectivity index (χ0) is 16.1. The predicted molar refractivity (Wildman–Crippen MR) is 87.7 cm³/mol. The Hall–Kier alpha value is -2.29. The van der Waals surface area contributed by atoms with E-state index >= 15 is 0 Å². The largest absolute Gasteiger partial charge is 0.325 e. The zero-order valence-corrected chi connectivity index (χ0v) is 13.2. The number of anilines is 1. The highest BCUT2D eigenvalue weighted by Gasteiger charge is 2.11. The van der Waals surface area contributed by atoms with E-state index in [4.69, 9.17) is 18.0 Å². The summed E-state index contributed by atoms with van der Waals surface area (Å²) in [6, 6.07) is 7.15. The molecule has 0 aliphatic carbocycles. The Kier molecular flexibility index (Phi) is 5.21. The molecular formula is C16H17ClN4O. The van der Waals surface area contributed by atoms with Crippen molar-refractivity contribution in [2.45, 2.75) is 13.5 Å². The summed E-state index contributed by atoms with van der Waals surface area (Å²) in [7, 11) is 1.78. The molecule has 0 aliphatic rings. The van der Waals surface area contributed by atoms with Gasteiger partial charge in [-0.25, -0.2) is 0 Å². The van der Waals surface area contributed by atoms with Gasteiger partial charge in [0.05, 0.1) is 12.2 Å². The first kappa shape index (κ1) is 16.1. The summed E-state index contributed by atoms with van der Waals surface area (Å²) in [6.07, 6.45) is 5.33. The third-order valence-electron chi connectivity index (χ3n) is 3.17. The number of nitrogens with one attached hydrogen (secondary N) is 2. The van der Waals surface area contributed by atoms with Crippen LogP contribution in [0.5, 0.6) is 0 Å². The van der Waals surface area contributed by atoms with Gasteiger partial charge in [-0.1, -0.05) is 23.6 Å². The minimum absolute atomic E-state index is 0.146. The fourth-order valence-corrected chi connectivity index (χ4v) is 2.31. The SMILES string of the molecule is C#Cc1cccc(NC(=O)CNCc2c(C)nn(C)c2Cl)c1. The number of terminal acetylenes is 1. The van der Waals surface area contributed by atoms with Crippen LogP contribution in [-0.4, -0.2) is 22.2 Å². The Morgan fingerprint density at radius 3 is 2.91 bits per heavy atom. The Labute approximate surface area is 134 Å². The lowest BCUT2D eigenvalue weighted by molar-refractivity contribution is -0.115. The van der Waals surface area contributed by atoms with Crippen molar-refractivity contribution in [3.63, 3.8) is 0 Å². The van der Waals surface area contributed by atoms with E-state index in [2.05, 4.69) is 21.7 Å². The highest BCUT2D eigenvalue weighted by molar-refractivity contribution is 6.30. The average molecular weight is 317 g/mol. The Morgan fingerprint density at radius 2 is 2.27 bits per heavy atom. The molecule has 0 aliphatic heterocycles.